The van der Waals surface area contributed by atoms with Gasteiger partial charge in [-0.1, -0.05) is 0 Å². The van der Waals surface area contributed by atoms with Crippen molar-refractivity contribution in [2.45, 2.75) is 12.3 Å². The molecule has 0 heterocycles. The van der Waals surface area contributed by atoms with Gasteiger partial charge in [0, 0.05) is 5.56 Å². The monoisotopic (exact) mass is 254 g/mol. The van der Waals surface area contributed by atoms with Crippen LogP contribution in [0.15, 0.2) is 18.2 Å². The predicted molar refractivity (Wildman–Crippen MR) is 53.7 cm³/mol. The first-order valence-electron chi connectivity index (χ1n) is 4.39. The SMILES string of the molecule is COc1ccc(C(F)(F)F)cc1C(O)CCl. The van der Waals surface area contributed by atoms with E-state index < -0.39 is 17.8 Å². The molecule has 1 rings (SSSR count). The maximum absolute atomic E-state index is 12.4. The fourth-order valence-electron chi connectivity index (χ4n) is 1.25. The summed E-state index contributed by atoms with van der Waals surface area (Å²) >= 11 is 5.40. The molecule has 16 heavy (non-hydrogen) atoms. The molecule has 1 aromatic carbocycles. The Balaban J connectivity index is 3.21. The van der Waals surface area contributed by atoms with Crippen molar-refractivity contribution < 1.29 is 23.0 Å². The molecule has 1 atom stereocenters. The van der Waals surface area contributed by atoms with Gasteiger partial charge in [0.1, 0.15) is 5.75 Å². The second kappa shape index (κ2) is 4.93. The van der Waals surface area contributed by atoms with Crippen molar-refractivity contribution in [2.75, 3.05) is 13.0 Å². The molecule has 1 unspecified atom stereocenters. The molecular formula is C10H10ClF3O2. The Morgan fingerprint density at radius 3 is 2.50 bits per heavy atom. The van der Waals surface area contributed by atoms with Crippen LogP contribution in [0.5, 0.6) is 5.75 Å². The van der Waals surface area contributed by atoms with E-state index in [0.717, 1.165) is 18.2 Å². The summed E-state index contributed by atoms with van der Waals surface area (Å²) in [6.45, 7) is 0. The lowest BCUT2D eigenvalue weighted by Gasteiger charge is -2.15. The molecule has 6 heteroatoms. The highest BCUT2D eigenvalue weighted by atomic mass is 35.5. The molecule has 2 nitrogen and oxygen atoms in total. The van der Waals surface area contributed by atoms with Crippen molar-refractivity contribution in [3.05, 3.63) is 29.3 Å². The van der Waals surface area contributed by atoms with Gasteiger partial charge in [-0.15, -0.1) is 11.6 Å². The quantitative estimate of drug-likeness (QED) is 0.841. The smallest absolute Gasteiger partial charge is 0.416 e. The van der Waals surface area contributed by atoms with Gasteiger partial charge in [0.2, 0.25) is 0 Å². The highest BCUT2D eigenvalue weighted by molar-refractivity contribution is 6.18. The zero-order chi connectivity index (χ0) is 12.3. The zero-order valence-electron chi connectivity index (χ0n) is 8.38. The van der Waals surface area contributed by atoms with Crippen molar-refractivity contribution in [3.8, 4) is 5.75 Å². The van der Waals surface area contributed by atoms with E-state index in [2.05, 4.69) is 0 Å². The number of methoxy groups -OCH3 is 1. The number of aliphatic hydroxyl groups is 1. The van der Waals surface area contributed by atoms with Gasteiger partial charge in [-0.05, 0) is 18.2 Å². The minimum Gasteiger partial charge on any atom is -0.496 e. The number of aliphatic hydroxyl groups excluding tert-OH is 1. The Labute approximate surface area is 95.6 Å². The van der Waals surface area contributed by atoms with E-state index in [1.807, 2.05) is 0 Å². The van der Waals surface area contributed by atoms with Crippen LogP contribution >= 0.6 is 11.6 Å². The summed E-state index contributed by atoms with van der Waals surface area (Å²) < 4.78 is 42.1. The number of rotatable bonds is 3. The molecule has 90 valence electrons. The molecule has 0 aromatic heterocycles. The Morgan fingerprint density at radius 1 is 1.44 bits per heavy atom. The van der Waals surface area contributed by atoms with Gasteiger partial charge in [0.25, 0.3) is 0 Å². The van der Waals surface area contributed by atoms with Crippen LogP contribution < -0.4 is 4.74 Å². The molecule has 0 saturated carbocycles. The molecule has 0 spiro atoms. The van der Waals surface area contributed by atoms with E-state index >= 15 is 0 Å². The van der Waals surface area contributed by atoms with Crippen LogP contribution in [0, 0.1) is 0 Å². The number of halogens is 4. The highest BCUT2D eigenvalue weighted by Crippen LogP contribution is 2.34. The average molecular weight is 255 g/mol. The van der Waals surface area contributed by atoms with Crippen molar-refractivity contribution in [3.63, 3.8) is 0 Å². The first kappa shape index (κ1) is 13.1. The van der Waals surface area contributed by atoms with Gasteiger partial charge in [-0.25, -0.2) is 0 Å². The topological polar surface area (TPSA) is 29.5 Å². The lowest BCUT2D eigenvalue weighted by Crippen LogP contribution is -2.08. The summed E-state index contributed by atoms with van der Waals surface area (Å²) in [6, 6.07) is 2.89. The van der Waals surface area contributed by atoms with E-state index in [9.17, 15) is 18.3 Å². The van der Waals surface area contributed by atoms with Crippen LogP contribution in [0.1, 0.15) is 17.2 Å². The molecule has 1 aromatic rings. The minimum atomic E-state index is -4.45. The lowest BCUT2D eigenvalue weighted by molar-refractivity contribution is -0.137. The molecule has 0 aliphatic heterocycles. The minimum absolute atomic E-state index is 0.0346. The number of ether oxygens (including phenoxy) is 1. The van der Waals surface area contributed by atoms with Crippen LogP contribution in [0.4, 0.5) is 13.2 Å². The number of hydrogen-bond acceptors (Lipinski definition) is 2. The Bertz CT molecular complexity index is 366. The van der Waals surface area contributed by atoms with Gasteiger partial charge in [-0.3, -0.25) is 0 Å². The molecular weight excluding hydrogens is 245 g/mol. The number of alkyl halides is 4. The summed E-state index contributed by atoms with van der Waals surface area (Å²) in [4.78, 5) is 0. The van der Waals surface area contributed by atoms with Crippen molar-refractivity contribution in [1.29, 1.82) is 0 Å². The van der Waals surface area contributed by atoms with E-state index in [4.69, 9.17) is 16.3 Å². The second-order valence-electron chi connectivity index (χ2n) is 3.12. The summed E-state index contributed by atoms with van der Waals surface area (Å²) in [7, 11) is 1.31. The summed E-state index contributed by atoms with van der Waals surface area (Å²) in [5.74, 6) is -0.0151. The third kappa shape index (κ3) is 2.80. The van der Waals surface area contributed by atoms with E-state index in [-0.39, 0.29) is 17.2 Å². The molecule has 1 N–H and O–H groups in total. The highest BCUT2D eigenvalue weighted by Gasteiger charge is 2.31. The summed E-state index contributed by atoms with van der Waals surface area (Å²) in [5, 5.41) is 9.45. The number of benzene rings is 1. The molecule has 0 radical (unpaired) electrons. The number of hydrogen-bond donors (Lipinski definition) is 1. The predicted octanol–water partition coefficient (Wildman–Crippen LogP) is 2.99. The molecule has 0 amide bonds. The van der Waals surface area contributed by atoms with E-state index in [0.29, 0.717) is 0 Å². The third-order valence-corrected chi connectivity index (χ3v) is 2.35. The van der Waals surface area contributed by atoms with E-state index in [1.54, 1.807) is 0 Å². The van der Waals surface area contributed by atoms with Crippen LogP contribution in [-0.2, 0) is 6.18 Å². The molecule has 0 aliphatic carbocycles. The molecule has 0 saturated heterocycles. The van der Waals surface area contributed by atoms with Gasteiger partial charge in [0.05, 0.1) is 24.7 Å². The summed E-state index contributed by atoms with van der Waals surface area (Å²) in [6.07, 6.45) is -5.63. The van der Waals surface area contributed by atoms with Crippen LogP contribution in [0.2, 0.25) is 0 Å². The first-order valence-corrected chi connectivity index (χ1v) is 4.92. The fourth-order valence-corrected chi connectivity index (χ4v) is 1.42. The Morgan fingerprint density at radius 2 is 2.06 bits per heavy atom. The lowest BCUT2D eigenvalue weighted by atomic mass is 10.1. The van der Waals surface area contributed by atoms with Gasteiger partial charge < -0.3 is 9.84 Å². The van der Waals surface area contributed by atoms with Crippen LogP contribution in [0.3, 0.4) is 0 Å². The maximum Gasteiger partial charge on any atom is 0.416 e. The van der Waals surface area contributed by atoms with E-state index in [1.165, 1.54) is 7.11 Å². The Hall–Kier alpha value is -0.940. The van der Waals surface area contributed by atoms with Gasteiger partial charge >= 0.3 is 6.18 Å². The van der Waals surface area contributed by atoms with Gasteiger partial charge in [0.15, 0.2) is 0 Å². The van der Waals surface area contributed by atoms with Crippen LogP contribution in [0.25, 0.3) is 0 Å². The fraction of sp³-hybridized carbons (Fsp3) is 0.400. The van der Waals surface area contributed by atoms with Crippen molar-refractivity contribution >= 4 is 11.6 Å². The van der Waals surface area contributed by atoms with Gasteiger partial charge in [-0.2, -0.15) is 13.2 Å². The largest absolute Gasteiger partial charge is 0.496 e. The third-order valence-electron chi connectivity index (χ3n) is 2.06. The summed E-state index contributed by atoms with van der Waals surface area (Å²) in [5.41, 5.74) is -0.806. The zero-order valence-corrected chi connectivity index (χ0v) is 9.14. The average Bonchev–Trinajstić information content (AvgIpc) is 2.25. The maximum atomic E-state index is 12.4. The second-order valence-corrected chi connectivity index (χ2v) is 3.43. The molecule has 0 bridgehead atoms. The molecule has 0 aliphatic rings. The van der Waals surface area contributed by atoms with Crippen LogP contribution in [-0.4, -0.2) is 18.1 Å². The molecule has 0 fully saturated rings. The standard InChI is InChI=1S/C10H10ClF3O2/c1-16-9-3-2-6(10(12,13)14)4-7(9)8(15)5-11/h2-4,8,15H,5H2,1H3. The normalized spacial score (nSPS) is 13.6. The van der Waals surface area contributed by atoms with Crippen molar-refractivity contribution in [2.24, 2.45) is 0 Å². The Kier molecular flexibility index (Phi) is 4.04. The first-order chi connectivity index (χ1) is 7.40. The van der Waals surface area contributed by atoms with Crippen molar-refractivity contribution in [1.82, 2.24) is 0 Å².